The van der Waals surface area contributed by atoms with Crippen molar-refractivity contribution in [2.45, 2.75) is 39.2 Å². The largest absolute Gasteiger partial charge is 0.294 e. The first-order valence-electron chi connectivity index (χ1n) is 4.08. The van der Waals surface area contributed by atoms with E-state index in [1.165, 1.54) is 12.8 Å². The number of nitrogens with zero attached hydrogens (tertiary/aromatic N) is 1. The van der Waals surface area contributed by atoms with Gasteiger partial charge in [-0.1, -0.05) is 13.8 Å². The Morgan fingerprint density at radius 3 is 2.30 bits per heavy atom. The fraction of sp³-hybridized carbons (Fsp3) is 0.889. The van der Waals surface area contributed by atoms with Crippen LogP contribution in [0, 0.1) is 11.8 Å². The van der Waals surface area contributed by atoms with Gasteiger partial charge in [0.15, 0.2) is 0 Å². The zero-order valence-electron chi connectivity index (χ0n) is 7.22. The van der Waals surface area contributed by atoms with E-state index >= 15 is 0 Å². The second kappa shape index (κ2) is 2.37. The van der Waals surface area contributed by atoms with Crippen LogP contribution in [0.5, 0.6) is 0 Å². The summed E-state index contributed by atoms with van der Waals surface area (Å²) < 4.78 is 0. The third-order valence-corrected chi connectivity index (χ3v) is 2.93. The lowest BCUT2D eigenvalue weighted by atomic mass is 9.63. The van der Waals surface area contributed by atoms with E-state index in [1.807, 2.05) is 0 Å². The van der Waals surface area contributed by atoms with Crippen LogP contribution in [0.1, 0.15) is 33.6 Å². The van der Waals surface area contributed by atoms with Crippen molar-refractivity contribution in [3.63, 3.8) is 0 Å². The van der Waals surface area contributed by atoms with Crippen molar-refractivity contribution in [3.05, 3.63) is 0 Å². The van der Waals surface area contributed by atoms with Crippen LogP contribution in [0.3, 0.4) is 0 Å². The van der Waals surface area contributed by atoms with Crippen LogP contribution in [-0.2, 0) is 0 Å². The standard InChI is InChI=1S/C9H17N/c1-7(2)8-5-6-9(8,3)10-4/h7-8H,4-6H2,1-3H3/t8-,9?/m0/s1. The molecule has 1 aliphatic carbocycles. The van der Waals surface area contributed by atoms with Gasteiger partial charge in [-0.15, -0.1) is 0 Å². The van der Waals surface area contributed by atoms with E-state index < -0.39 is 0 Å². The zero-order valence-corrected chi connectivity index (χ0v) is 7.22. The number of hydrogen-bond acceptors (Lipinski definition) is 1. The van der Waals surface area contributed by atoms with E-state index in [1.54, 1.807) is 0 Å². The molecule has 0 aromatic carbocycles. The lowest BCUT2D eigenvalue weighted by Gasteiger charge is -2.46. The Bertz CT molecular complexity index is 140. The summed E-state index contributed by atoms with van der Waals surface area (Å²) >= 11 is 0. The molecule has 1 heteroatoms. The molecule has 1 rings (SSSR count). The highest BCUT2D eigenvalue weighted by molar-refractivity contribution is 5.27. The van der Waals surface area contributed by atoms with Gasteiger partial charge in [-0.05, 0) is 38.3 Å². The average Bonchev–Trinajstić information content (AvgIpc) is 1.83. The molecule has 0 aliphatic heterocycles. The molecule has 0 heterocycles. The molecule has 0 bridgehead atoms. The lowest BCUT2D eigenvalue weighted by Crippen LogP contribution is -2.45. The minimum absolute atomic E-state index is 0.216. The van der Waals surface area contributed by atoms with Crippen LogP contribution in [0.25, 0.3) is 0 Å². The Kier molecular flexibility index (Phi) is 1.84. The predicted molar refractivity (Wildman–Crippen MR) is 45.5 cm³/mol. The molecule has 1 nitrogen and oxygen atoms in total. The molecular weight excluding hydrogens is 122 g/mol. The summed E-state index contributed by atoms with van der Waals surface area (Å²) in [4.78, 5) is 4.18. The fourth-order valence-electron chi connectivity index (χ4n) is 1.98. The van der Waals surface area contributed by atoms with Gasteiger partial charge in [0.25, 0.3) is 0 Å². The van der Waals surface area contributed by atoms with Gasteiger partial charge >= 0.3 is 0 Å². The topological polar surface area (TPSA) is 12.4 Å². The number of aliphatic imine (C=N–C) groups is 1. The highest BCUT2D eigenvalue weighted by Gasteiger charge is 2.43. The van der Waals surface area contributed by atoms with Crippen LogP contribution in [0.2, 0.25) is 0 Å². The summed E-state index contributed by atoms with van der Waals surface area (Å²) in [6.45, 7) is 10.4. The SMILES string of the molecule is C=NC1(C)CC[C@H]1C(C)C. The molecule has 0 amide bonds. The molecule has 10 heavy (non-hydrogen) atoms. The smallest absolute Gasteiger partial charge is 0.0603 e. The third-order valence-electron chi connectivity index (χ3n) is 2.93. The molecule has 0 aromatic rings. The maximum Gasteiger partial charge on any atom is 0.0603 e. The molecule has 1 aliphatic rings. The van der Waals surface area contributed by atoms with Gasteiger partial charge in [0.2, 0.25) is 0 Å². The van der Waals surface area contributed by atoms with E-state index in [4.69, 9.17) is 0 Å². The van der Waals surface area contributed by atoms with Crippen molar-refractivity contribution in [2.24, 2.45) is 16.8 Å². The first kappa shape index (κ1) is 7.77. The van der Waals surface area contributed by atoms with Crippen LogP contribution < -0.4 is 0 Å². The van der Waals surface area contributed by atoms with Crippen molar-refractivity contribution in [2.75, 3.05) is 0 Å². The Balaban J connectivity index is 2.57. The summed E-state index contributed by atoms with van der Waals surface area (Å²) in [6.07, 6.45) is 2.58. The van der Waals surface area contributed by atoms with Gasteiger partial charge in [-0.25, -0.2) is 0 Å². The predicted octanol–water partition coefficient (Wildman–Crippen LogP) is 2.51. The van der Waals surface area contributed by atoms with E-state index in [0.717, 1.165) is 11.8 Å². The first-order valence-corrected chi connectivity index (χ1v) is 4.08. The van der Waals surface area contributed by atoms with E-state index in [-0.39, 0.29) is 5.54 Å². The molecule has 1 fully saturated rings. The molecule has 0 saturated heterocycles. The molecule has 58 valence electrons. The second-order valence-corrected chi connectivity index (χ2v) is 3.90. The molecule has 0 spiro atoms. The Morgan fingerprint density at radius 1 is 1.60 bits per heavy atom. The first-order chi connectivity index (χ1) is 4.60. The molecule has 0 aromatic heterocycles. The molecule has 0 N–H and O–H groups in total. The highest BCUT2D eigenvalue weighted by atomic mass is 14.9. The van der Waals surface area contributed by atoms with Crippen LogP contribution in [-0.4, -0.2) is 12.3 Å². The summed E-state index contributed by atoms with van der Waals surface area (Å²) in [5, 5.41) is 0. The average molecular weight is 139 g/mol. The Labute approximate surface area is 63.5 Å². The molecule has 1 unspecified atom stereocenters. The van der Waals surface area contributed by atoms with Gasteiger partial charge in [0, 0.05) is 0 Å². The molecule has 2 atom stereocenters. The minimum atomic E-state index is 0.216. The van der Waals surface area contributed by atoms with E-state index in [2.05, 4.69) is 32.5 Å². The van der Waals surface area contributed by atoms with Gasteiger partial charge in [-0.2, -0.15) is 0 Å². The van der Waals surface area contributed by atoms with Crippen molar-refractivity contribution in [3.8, 4) is 0 Å². The summed E-state index contributed by atoms with van der Waals surface area (Å²) in [6, 6.07) is 0. The van der Waals surface area contributed by atoms with Crippen molar-refractivity contribution >= 4 is 6.72 Å². The van der Waals surface area contributed by atoms with Gasteiger partial charge in [0.1, 0.15) is 0 Å². The maximum atomic E-state index is 4.18. The van der Waals surface area contributed by atoms with Crippen molar-refractivity contribution in [1.82, 2.24) is 0 Å². The summed E-state index contributed by atoms with van der Waals surface area (Å²) in [5.74, 6) is 1.55. The van der Waals surface area contributed by atoms with Crippen molar-refractivity contribution in [1.29, 1.82) is 0 Å². The summed E-state index contributed by atoms with van der Waals surface area (Å²) in [7, 11) is 0. The lowest BCUT2D eigenvalue weighted by molar-refractivity contribution is 0.103. The number of hydrogen-bond donors (Lipinski definition) is 0. The van der Waals surface area contributed by atoms with Crippen molar-refractivity contribution < 1.29 is 0 Å². The quantitative estimate of drug-likeness (QED) is 0.521. The monoisotopic (exact) mass is 139 g/mol. The third kappa shape index (κ3) is 0.979. The molecule has 0 radical (unpaired) electrons. The van der Waals surface area contributed by atoms with Crippen LogP contribution >= 0.6 is 0 Å². The second-order valence-electron chi connectivity index (χ2n) is 3.90. The maximum absolute atomic E-state index is 4.18. The zero-order chi connectivity index (χ0) is 7.78. The fourth-order valence-corrected chi connectivity index (χ4v) is 1.98. The van der Waals surface area contributed by atoms with E-state index in [9.17, 15) is 0 Å². The van der Waals surface area contributed by atoms with Gasteiger partial charge < -0.3 is 0 Å². The van der Waals surface area contributed by atoms with Crippen LogP contribution in [0.15, 0.2) is 4.99 Å². The molecular formula is C9H17N. The number of rotatable bonds is 2. The van der Waals surface area contributed by atoms with Crippen LogP contribution in [0.4, 0.5) is 0 Å². The van der Waals surface area contributed by atoms with Gasteiger partial charge in [0.05, 0.1) is 5.54 Å². The van der Waals surface area contributed by atoms with Gasteiger partial charge in [-0.3, -0.25) is 4.99 Å². The summed E-state index contributed by atoms with van der Waals surface area (Å²) in [5.41, 5.74) is 0.216. The Hall–Kier alpha value is -0.330. The minimum Gasteiger partial charge on any atom is -0.294 e. The molecule has 1 saturated carbocycles. The van der Waals surface area contributed by atoms with E-state index in [0.29, 0.717) is 0 Å². The normalized spacial score (nSPS) is 39.4. The highest BCUT2D eigenvalue weighted by Crippen LogP contribution is 2.45. The Morgan fingerprint density at radius 2 is 2.20 bits per heavy atom.